The van der Waals surface area contributed by atoms with Gasteiger partial charge >= 0.3 is 0 Å². The Labute approximate surface area is 69.1 Å². The van der Waals surface area contributed by atoms with E-state index in [1.807, 2.05) is 0 Å². The summed E-state index contributed by atoms with van der Waals surface area (Å²) in [5.41, 5.74) is 5.99. The number of hydrogen-bond acceptors (Lipinski definition) is 2. The Kier molecular flexibility index (Phi) is 2.90. The third-order valence-corrected chi connectivity index (χ3v) is 3.05. The van der Waals surface area contributed by atoms with Crippen molar-refractivity contribution in [2.75, 3.05) is 13.2 Å². The molecule has 1 aliphatic rings. The van der Waals surface area contributed by atoms with Crippen molar-refractivity contribution in [3.05, 3.63) is 0 Å². The molecule has 66 valence electrons. The van der Waals surface area contributed by atoms with Crippen molar-refractivity contribution in [2.45, 2.75) is 39.2 Å². The fraction of sp³-hybridized carbons (Fsp3) is 1.00. The van der Waals surface area contributed by atoms with E-state index in [-0.39, 0.29) is 0 Å². The normalized spacial score (nSPS) is 29.2. The Morgan fingerprint density at radius 1 is 1.45 bits per heavy atom. The topological polar surface area (TPSA) is 35.2 Å². The first-order valence-electron chi connectivity index (χ1n) is 4.58. The van der Waals surface area contributed by atoms with Crippen LogP contribution in [0.3, 0.4) is 0 Å². The molecule has 0 amide bonds. The molecule has 1 aliphatic heterocycles. The minimum absolute atomic E-state index is 0.329. The van der Waals surface area contributed by atoms with Crippen LogP contribution in [0, 0.1) is 5.41 Å². The fourth-order valence-corrected chi connectivity index (χ4v) is 1.79. The number of ether oxygens (including phenoxy) is 1. The smallest absolute Gasteiger partial charge is 0.0703 e. The lowest BCUT2D eigenvalue weighted by molar-refractivity contribution is 0.0973. The van der Waals surface area contributed by atoms with E-state index in [9.17, 15) is 0 Å². The van der Waals surface area contributed by atoms with Crippen molar-refractivity contribution in [1.82, 2.24) is 0 Å². The predicted octanol–water partition coefficient (Wildman–Crippen LogP) is 1.54. The Morgan fingerprint density at radius 2 is 2.09 bits per heavy atom. The molecule has 0 radical (unpaired) electrons. The van der Waals surface area contributed by atoms with E-state index >= 15 is 0 Å². The first kappa shape index (κ1) is 9.01. The molecule has 0 unspecified atom stereocenters. The summed E-state index contributed by atoms with van der Waals surface area (Å²) < 4.78 is 5.57. The van der Waals surface area contributed by atoms with Gasteiger partial charge in [-0.05, 0) is 24.7 Å². The zero-order valence-electron chi connectivity index (χ0n) is 7.60. The van der Waals surface area contributed by atoms with Crippen molar-refractivity contribution in [3.63, 3.8) is 0 Å². The second kappa shape index (κ2) is 3.55. The van der Waals surface area contributed by atoms with Gasteiger partial charge in [-0.1, -0.05) is 13.8 Å². The van der Waals surface area contributed by atoms with Crippen molar-refractivity contribution in [2.24, 2.45) is 11.1 Å². The average Bonchev–Trinajstić information content (AvgIpc) is 2.49. The lowest BCUT2D eigenvalue weighted by Gasteiger charge is -2.23. The summed E-state index contributed by atoms with van der Waals surface area (Å²) in [7, 11) is 0. The van der Waals surface area contributed by atoms with Gasteiger partial charge in [-0.25, -0.2) is 0 Å². The largest absolute Gasteiger partial charge is 0.376 e. The molecule has 2 N–H and O–H groups in total. The first-order valence-corrected chi connectivity index (χ1v) is 4.58. The van der Waals surface area contributed by atoms with Crippen LogP contribution in [0.15, 0.2) is 0 Å². The van der Waals surface area contributed by atoms with E-state index in [2.05, 4.69) is 13.8 Å². The molecule has 0 aromatic carbocycles. The zero-order valence-corrected chi connectivity index (χ0v) is 7.60. The van der Waals surface area contributed by atoms with Crippen LogP contribution in [0.2, 0.25) is 0 Å². The standard InChI is InChI=1S/C9H19NO/c1-3-9(4-2)5-8(6-10)11-7-9/h8H,3-7,10H2,1-2H3/t8-/m0/s1. The quantitative estimate of drug-likeness (QED) is 0.674. The maximum atomic E-state index is 5.57. The summed E-state index contributed by atoms with van der Waals surface area (Å²) in [4.78, 5) is 0. The summed E-state index contributed by atoms with van der Waals surface area (Å²) in [5, 5.41) is 0. The van der Waals surface area contributed by atoms with Crippen LogP contribution in [0.1, 0.15) is 33.1 Å². The highest BCUT2D eigenvalue weighted by Crippen LogP contribution is 2.38. The maximum absolute atomic E-state index is 5.57. The molecule has 2 heteroatoms. The van der Waals surface area contributed by atoms with Gasteiger partial charge in [0.05, 0.1) is 12.7 Å². The van der Waals surface area contributed by atoms with Gasteiger partial charge in [0.25, 0.3) is 0 Å². The summed E-state index contributed by atoms with van der Waals surface area (Å²) in [6.45, 7) is 6.08. The summed E-state index contributed by atoms with van der Waals surface area (Å²) in [5.74, 6) is 0. The van der Waals surface area contributed by atoms with Crippen LogP contribution in [0.4, 0.5) is 0 Å². The molecule has 1 rings (SSSR count). The van der Waals surface area contributed by atoms with Crippen LogP contribution in [-0.2, 0) is 4.74 Å². The van der Waals surface area contributed by atoms with Crippen LogP contribution < -0.4 is 5.73 Å². The molecule has 1 saturated heterocycles. The highest BCUT2D eigenvalue weighted by atomic mass is 16.5. The third kappa shape index (κ3) is 1.74. The van der Waals surface area contributed by atoms with E-state index in [4.69, 9.17) is 10.5 Å². The second-order valence-corrected chi connectivity index (χ2v) is 3.58. The number of nitrogens with two attached hydrogens (primary N) is 1. The van der Waals surface area contributed by atoms with Crippen molar-refractivity contribution < 1.29 is 4.74 Å². The molecule has 2 nitrogen and oxygen atoms in total. The molecule has 0 spiro atoms. The highest BCUT2D eigenvalue weighted by molar-refractivity contribution is 4.86. The highest BCUT2D eigenvalue weighted by Gasteiger charge is 2.36. The van der Waals surface area contributed by atoms with Crippen LogP contribution >= 0.6 is 0 Å². The van der Waals surface area contributed by atoms with Crippen molar-refractivity contribution in [1.29, 1.82) is 0 Å². The lowest BCUT2D eigenvalue weighted by Crippen LogP contribution is -2.22. The van der Waals surface area contributed by atoms with Crippen molar-refractivity contribution >= 4 is 0 Å². The molecule has 0 saturated carbocycles. The van der Waals surface area contributed by atoms with Crippen LogP contribution in [0.25, 0.3) is 0 Å². The lowest BCUT2D eigenvalue weighted by atomic mass is 9.80. The maximum Gasteiger partial charge on any atom is 0.0703 e. The Hall–Kier alpha value is -0.0800. The number of rotatable bonds is 3. The van der Waals surface area contributed by atoms with Crippen LogP contribution in [0.5, 0.6) is 0 Å². The summed E-state index contributed by atoms with van der Waals surface area (Å²) in [6, 6.07) is 0. The first-order chi connectivity index (χ1) is 5.26. The van der Waals surface area contributed by atoms with Crippen LogP contribution in [-0.4, -0.2) is 19.3 Å². The fourth-order valence-electron chi connectivity index (χ4n) is 1.79. The van der Waals surface area contributed by atoms with Gasteiger partial charge in [-0.2, -0.15) is 0 Å². The molecule has 1 heterocycles. The van der Waals surface area contributed by atoms with Gasteiger partial charge in [0.15, 0.2) is 0 Å². The Morgan fingerprint density at radius 3 is 2.36 bits per heavy atom. The minimum atomic E-state index is 0.329. The zero-order chi connectivity index (χ0) is 8.32. The molecule has 0 aliphatic carbocycles. The van der Waals surface area contributed by atoms with Gasteiger partial charge < -0.3 is 10.5 Å². The van der Waals surface area contributed by atoms with Gasteiger partial charge in [-0.3, -0.25) is 0 Å². The van der Waals surface area contributed by atoms with E-state index in [1.165, 1.54) is 12.8 Å². The molecule has 1 fully saturated rings. The molecule has 1 atom stereocenters. The Balaban J connectivity index is 2.48. The minimum Gasteiger partial charge on any atom is -0.376 e. The van der Waals surface area contributed by atoms with E-state index in [0.29, 0.717) is 18.1 Å². The molecule has 0 aromatic rings. The molecular weight excluding hydrogens is 138 g/mol. The SMILES string of the molecule is CCC1(CC)CO[C@H](CN)C1. The van der Waals surface area contributed by atoms with E-state index in [1.54, 1.807) is 0 Å². The van der Waals surface area contributed by atoms with Gasteiger partial charge in [0.2, 0.25) is 0 Å². The molecule has 0 bridgehead atoms. The Bertz CT molecular complexity index is 121. The molecular formula is C9H19NO. The average molecular weight is 157 g/mol. The van der Waals surface area contributed by atoms with Gasteiger partial charge in [-0.15, -0.1) is 0 Å². The summed E-state index contributed by atoms with van der Waals surface area (Å²) in [6.07, 6.45) is 3.94. The third-order valence-electron chi connectivity index (χ3n) is 3.05. The monoisotopic (exact) mass is 157 g/mol. The van der Waals surface area contributed by atoms with Gasteiger partial charge in [0, 0.05) is 6.54 Å². The van der Waals surface area contributed by atoms with Crippen molar-refractivity contribution in [3.8, 4) is 0 Å². The predicted molar refractivity (Wildman–Crippen MR) is 46.4 cm³/mol. The van der Waals surface area contributed by atoms with E-state index < -0.39 is 0 Å². The summed E-state index contributed by atoms with van der Waals surface area (Å²) >= 11 is 0. The second-order valence-electron chi connectivity index (χ2n) is 3.58. The van der Waals surface area contributed by atoms with Gasteiger partial charge in [0.1, 0.15) is 0 Å². The molecule has 0 aromatic heterocycles. The molecule has 11 heavy (non-hydrogen) atoms. The van der Waals surface area contributed by atoms with E-state index in [0.717, 1.165) is 13.0 Å². The number of hydrogen-bond donors (Lipinski definition) is 1.